The van der Waals surface area contributed by atoms with Crippen molar-refractivity contribution in [2.24, 2.45) is 0 Å². The lowest BCUT2D eigenvalue weighted by molar-refractivity contribution is -0.0374. The van der Waals surface area contributed by atoms with Gasteiger partial charge in [-0.15, -0.1) is 10.2 Å². The van der Waals surface area contributed by atoms with Crippen LogP contribution >= 0.6 is 0 Å². The highest BCUT2D eigenvalue weighted by atomic mass is 16.6. The van der Waals surface area contributed by atoms with Crippen LogP contribution in [0, 0.1) is 0 Å². The number of aryl methyl sites for hydroxylation is 1. The number of aromatic amines is 1. The molecule has 0 spiro atoms. The maximum Gasteiger partial charge on any atom is 0.410 e. The van der Waals surface area contributed by atoms with Crippen molar-refractivity contribution in [3.05, 3.63) is 29.8 Å². The van der Waals surface area contributed by atoms with Crippen LogP contribution in [-0.2, 0) is 11.2 Å². The van der Waals surface area contributed by atoms with Crippen molar-refractivity contribution in [1.82, 2.24) is 25.5 Å². The van der Waals surface area contributed by atoms with E-state index >= 15 is 0 Å². The highest BCUT2D eigenvalue weighted by Gasteiger charge is 2.34. The van der Waals surface area contributed by atoms with Crippen LogP contribution in [0.1, 0.15) is 52.0 Å². The van der Waals surface area contributed by atoms with Crippen molar-refractivity contribution in [1.29, 1.82) is 0 Å². The number of aromatic nitrogens is 4. The molecule has 1 aromatic heterocycles. The average molecular weight is 387 g/mol. The van der Waals surface area contributed by atoms with Gasteiger partial charge in [0, 0.05) is 18.7 Å². The number of piperidine rings is 1. The second kappa shape index (κ2) is 8.26. The number of tetrazole rings is 1. The Morgan fingerprint density at radius 2 is 1.93 bits per heavy atom. The largest absolute Gasteiger partial charge is 0.444 e. The number of hydrogen-bond acceptors (Lipinski definition) is 6. The van der Waals surface area contributed by atoms with Gasteiger partial charge in [0.15, 0.2) is 0 Å². The number of aliphatic hydroxyl groups is 1. The number of rotatable bonds is 5. The minimum absolute atomic E-state index is 0.295. The molecule has 8 heteroatoms. The normalized spacial score (nSPS) is 16.8. The summed E-state index contributed by atoms with van der Waals surface area (Å²) >= 11 is 0. The Morgan fingerprint density at radius 1 is 1.25 bits per heavy atom. The molecule has 0 bridgehead atoms. The fourth-order valence-electron chi connectivity index (χ4n) is 3.41. The molecule has 152 valence electrons. The molecule has 1 fully saturated rings. The predicted octanol–water partition coefficient (Wildman–Crippen LogP) is 2.95. The Kier molecular flexibility index (Phi) is 5.98. The van der Waals surface area contributed by atoms with E-state index in [-0.39, 0.29) is 6.09 Å². The summed E-state index contributed by atoms with van der Waals surface area (Å²) in [7, 11) is 0. The first-order valence-corrected chi connectivity index (χ1v) is 9.77. The molecule has 0 radical (unpaired) electrons. The van der Waals surface area contributed by atoms with Crippen LogP contribution in [0.3, 0.4) is 0 Å². The van der Waals surface area contributed by atoms with Gasteiger partial charge in [-0.25, -0.2) is 4.79 Å². The molecule has 0 unspecified atom stereocenters. The topological polar surface area (TPSA) is 104 Å². The van der Waals surface area contributed by atoms with Gasteiger partial charge in [-0.05, 0) is 63.7 Å². The summed E-state index contributed by atoms with van der Waals surface area (Å²) in [6.07, 6.45) is 3.39. The van der Waals surface area contributed by atoms with Crippen LogP contribution in [0.15, 0.2) is 24.3 Å². The Balaban J connectivity index is 1.43. The molecular weight excluding hydrogens is 358 g/mol. The monoisotopic (exact) mass is 387 g/mol. The zero-order valence-corrected chi connectivity index (χ0v) is 16.8. The fourth-order valence-corrected chi connectivity index (χ4v) is 3.41. The Bertz CT molecular complexity index is 760. The average Bonchev–Trinajstić information content (AvgIpc) is 3.16. The molecule has 1 aliphatic heterocycles. The molecule has 1 aliphatic rings. The third-order valence-electron chi connectivity index (χ3n) is 5.01. The van der Waals surface area contributed by atoms with E-state index in [4.69, 9.17) is 4.74 Å². The molecule has 0 aliphatic carbocycles. The zero-order valence-electron chi connectivity index (χ0n) is 16.8. The summed E-state index contributed by atoms with van der Waals surface area (Å²) in [5, 5.41) is 24.8. The first-order valence-electron chi connectivity index (χ1n) is 9.77. The van der Waals surface area contributed by atoms with Gasteiger partial charge in [0.1, 0.15) is 5.60 Å². The van der Waals surface area contributed by atoms with Gasteiger partial charge in [0.25, 0.3) is 0 Å². The molecule has 2 heterocycles. The van der Waals surface area contributed by atoms with Crippen LogP contribution in [0.2, 0.25) is 0 Å². The van der Waals surface area contributed by atoms with Gasteiger partial charge in [-0.2, -0.15) is 5.21 Å². The second-order valence-electron chi connectivity index (χ2n) is 8.48. The molecule has 1 saturated heterocycles. The summed E-state index contributed by atoms with van der Waals surface area (Å²) in [4.78, 5) is 13.8. The fraction of sp³-hybridized carbons (Fsp3) is 0.600. The van der Waals surface area contributed by atoms with E-state index < -0.39 is 11.2 Å². The SMILES string of the molecule is CC(C)(C)OC(=O)N1CCC(O)(CCCc2ccc(-c3nn[nH]n3)cc2)CC1. The van der Waals surface area contributed by atoms with Crippen LogP contribution in [0.5, 0.6) is 0 Å². The quantitative estimate of drug-likeness (QED) is 0.817. The predicted molar refractivity (Wildman–Crippen MR) is 105 cm³/mol. The number of H-pyrrole nitrogens is 1. The van der Waals surface area contributed by atoms with Crippen molar-refractivity contribution < 1.29 is 14.6 Å². The lowest BCUT2D eigenvalue weighted by atomic mass is 9.86. The number of ether oxygens (including phenoxy) is 1. The molecule has 2 aromatic rings. The van der Waals surface area contributed by atoms with Crippen LogP contribution in [0.4, 0.5) is 4.79 Å². The first-order chi connectivity index (χ1) is 13.2. The highest BCUT2D eigenvalue weighted by Crippen LogP contribution is 2.28. The number of hydrogen-bond donors (Lipinski definition) is 2. The minimum atomic E-state index is -0.705. The number of nitrogens with one attached hydrogen (secondary N) is 1. The molecule has 3 rings (SSSR count). The van der Waals surface area contributed by atoms with E-state index in [1.165, 1.54) is 5.56 Å². The van der Waals surface area contributed by atoms with E-state index in [1.54, 1.807) is 4.90 Å². The number of amides is 1. The van der Waals surface area contributed by atoms with Crippen molar-refractivity contribution in [2.75, 3.05) is 13.1 Å². The van der Waals surface area contributed by atoms with E-state index in [2.05, 4.69) is 32.8 Å². The number of nitrogens with zero attached hydrogens (tertiary/aromatic N) is 4. The van der Waals surface area contributed by atoms with E-state index in [0.717, 1.165) is 24.8 Å². The Morgan fingerprint density at radius 3 is 2.50 bits per heavy atom. The van der Waals surface area contributed by atoms with E-state index in [9.17, 15) is 9.90 Å². The van der Waals surface area contributed by atoms with E-state index in [0.29, 0.717) is 31.8 Å². The lowest BCUT2D eigenvalue weighted by Crippen LogP contribution is -2.48. The van der Waals surface area contributed by atoms with Crippen LogP contribution < -0.4 is 0 Å². The molecule has 8 nitrogen and oxygen atoms in total. The maximum atomic E-state index is 12.1. The summed E-state index contributed by atoms with van der Waals surface area (Å²) in [6, 6.07) is 8.07. The Hall–Kier alpha value is -2.48. The maximum absolute atomic E-state index is 12.1. The second-order valence-corrected chi connectivity index (χ2v) is 8.48. The van der Waals surface area contributed by atoms with Gasteiger partial charge in [-0.3, -0.25) is 0 Å². The summed E-state index contributed by atoms with van der Waals surface area (Å²) in [6.45, 7) is 6.65. The first kappa shape index (κ1) is 20.3. The summed E-state index contributed by atoms with van der Waals surface area (Å²) < 4.78 is 5.41. The van der Waals surface area contributed by atoms with Crippen molar-refractivity contribution >= 4 is 6.09 Å². The van der Waals surface area contributed by atoms with E-state index in [1.807, 2.05) is 32.9 Å². The third kappa shape index (κ3) is 5.51. The van der Waals surface area contributed by atoms with Gasteiger partial charge < -0.3 is 14.7 Å². The smallest absolute Gasteiger partial charge is 0.410 e. The summed E-state index contributed by atoms with van der Waals surface area (Å²) in [5.74, 6) is 0.581. The number of likely N-dealkylation sites (tertiary alicyclic amines) is 1. The molecule has 1 amide bonds. The van der Waals surface area contributed by atoms with Crippen molar-refractivity contribution in [3.63, 3.8) is 0 Å². The van der Waals surface area contributed by atoms with Crippen molar-refractivity contribution in [2.45, 2.75) is 64.1 Å². The summed E-state index contributed by atoms with van der Waals surface area (Å²) in [5.41, 5.74) is 0.931. The number of carbonyl (C=O) groups excluding carboxylic acids is 1. The standard InChI is InChI=1S/C20H29N5O3/c1-19(2,3)28-18(26)25-13-11-20(27,12-14-25)10-4-5-15-6-8-16(9-7-15)17-21-23-24-22-17/h6-9,27H,4-5,10-14H2,1-3H3,(H,21,22,23,24). The Labute approximate surface area is 165 Å². The molecule has 0 saturated carbocycles. The van der Waals surface area contributed by atoms with Gasteiger partial charge >= 0.3 is 6.09 Å². The lowest BCUT2D eigenvalue weighted by Gasteiger charge is -2.38. The highest BCUT2D eigenvalue weighted by molar-refractivity contribution is 5.68. The molecule has 0 atom stereocenters. The van der Waals surface area contributed by atoms with Crippen molar-refractivity contribution in [3.8, 4) is 11.4 Å². The molecule has 2 N–H and O–H groups in total. The number of carbonyl (C=O) groups is 1. The van der Waals surface area contributed by atoms with Crippen LogP contribution in [-0.4, -0.2) is 61.0 Å². The van der Waals surface area contributed by atoms with Gasteiger partial charge in [0.05, 0.1) is 5.60 Å². The van der Waals surface area contributed by atoms with Crippen LogP contribution in [0.25, 0.3) is 11.4 Å². The zero-order chi connectivity index (χ0) is 20.2. The van der Waals surface area contributed by atoms with Gasteiger partial charge in [0.2, 0.25) is 5.82 Å². The molecule has 28 heavy (non-hydrogen) atoms. The minimum Gasteiger partial charge on any atom is -0.444 e. The molecular formula is C20H29N5O3. The number of benzene rings is 1. The molecule has 1 aromatic carbocycles. The third-order valence-corrected chi connectivity index (χ3v) is 5.01. The van der Waals surface area contributed by atoms with Gasteiger partial charge in [-0.1, -0.05) is 24.3 Å².